The quantitative estimate of drug-likeness (QED) is 0.671. The van der Waals surface area contributed by atoms with E-state index < -0.39 is 0 Å². The van der Waals surface area contributed by atoms with E-state index in [1.54, 1.807) is 38.5 Å². The topological polar surface area (TPSA) is 51.2 Å². The Bertz CT molecular complexity index is 892. The first-order valence-electron chi connectivity index (χ1n) is 9.33. The number of benzene rings is 2. The van der Waals surface area contributed by atoms with Crippen LogP contribution < -0.4 is 19.1 Å². The number of rotatable bonds is 6. The molecule has 1 aliphatic rings. The summed E-state index contributed by atoms with van der Waals surface area (Å²) in [6.07, 6.45) is 3.31. The van der Waals surface area contributed by atoms with Gasteiger partial charge in [0, 0.05) is 44.0 Å². The smallest absolute Gasteiger partial charge is 0.246 e. The first-order valence-corrected chi connectivity index (χ1v) is 9.71. The van der Waals surface area contributed by atoms with E-state index in [-0.39, 0.29) is 5.91 Å². The molecule has 0 unspecified atom stereocenters. The molecule has 6 nitrogen and oxygen atoms in total. The van der Waals surface area contributed by atoms with Crippen LogP contribution in [-0.2, 0) is 4.79 Å². The molecule has 0 spiro atoms. The standard InChI is InChI=1S/C22H25ClN2O4/c1-27-18-6-4-5-17(15-18)24-9-11-25(12-10-24)21(26)8-7-16-13-19(23)22(29-3)20(14-16)28-2/h4-8,13-15H,9-12H2,1-3H3/b8-7+. The molecule has 29 heavy (non-hydrogen) atoms. The van der Waals surface area contributed by atoms with E-state index in [0.29, 0.717) is 29.6 Å². The Labute approximate surface area is 176 Å². The zero-order valence-electron chi connectivity index (χ0n) is 16.9. The Balaban J connectivity index is 1.62. The third-order valence-electron chi connectivity index (χ3n) is 4.88. The molecule has 0 radical (unpaired) electrons. The molecule has 0 aliphatic carbocycles. The molecular formula is C22H25ClN2O4. The minimum atomic E-state index is -0.0267. The lowest BCUT2D eigenvalue weighted by atomic mass is 10.1. The summed E-state index contributed by atoms with van der Waals surface area (Å²) in [4.78, 5) is 16.7. The van der Waals surface area contributed by atoms with Crippen molar-refractivity contribution in [2.24, 2.45) is 0 Å². The number of amides is 1. The van der Waals surface area contributed by atoms with Crippen LogP contribution in [-0.4, -0.2) is 58.3 Å². The van der Waals surface area contributed by atoms with Gasteiger partial charge in [0.05, 0.1) is 26.4 Å². The molecule has 0 N–H and O–H groups in total. The summed E-state index contributed by atoms with van der Waals surface area (Å²) in [5.74, 6) is 1.81. The Kier molecular flexibility index (Phi) is 6.88. The zero-order valence-corrected chi connectivity index (χ0v) is 17.6. The predicted octanol–water partition coefficient (Wildman–Crippen LogP) is 3.73. The number of anilines is 1. The molecule has 2 aromatic carbocycles. The highest BCUT2D eigenvalue weighted by atomic mass is 35.5. The number of hydrogen-bond acceptors (Lipinski definition) is 5. The summed E-state index contributed by atoms with van der Waals surface area (Å²) < 4.78 is 15.8. The third-order valence-corrected chi connectivity index (χ3v) is 5.16. The van der Waals surface area contributed by atoms with Crippen molar-refractivity contribution >= 4 is 29.3 Å². The summed E-state index contributed by atoms with van der Waals surface area (Å²) in [6, 6.07) is 11.5. The fourth-order valence-corrected chi connectivity index (χ4v) is 3.60. The summed E-state index contributed by atoms with van der Waals surface area (Å²) in [6.45, 7) is 2.87. The largest absolute Gasteiger partial charge is 0.497 e. The number of nitrogens with zero attached hydrogens (tertiary/aromatic N) is 2. The van der Waals surface area contributed by atoms with Crippen LogP contribution in [0.2, 0.25) is 5.02 Å². The van der Waals surface area contributed by atoms with Gasteiger partial charge in [-0.1, -0.05) is 17.7 Å². The molecule has 3 rings (SSSR count). The van der Waals surface area contributed by atoms with Gasteiger partial charge in [-0.05, 0) is 35.9 Å². The predicted molar refractivity (Wildman–Crippen MR) is 115 cm³/mol. The third kappa shape index (κ3) is 4.95. The number of carbonyl (C=O) groups is 1. The molecule has 1 saturated heterocycles. The Hall–Kier alpha value is -2.86. The summed E-state index contributed by atoms with van der Waals surface area (Å²) >= 11 is 6.22. The van der Waals surface area contributed by atoms with Crippen LogP contribution in [0.15, 0.2) is 42.5 Å². The Morgan fingerprint density at radius 3 is 2.41 bits per heavy atom. The first-order chi connectivity index (χ1) is 14.0. The van der Waals surface area contributed by atoms with Crippen molar-refractivity contribution in [3.05, 3.63) is 53.1 Å². The van der Waals surface area contributed by atoms with E-state index in [1.807, 2.05) is 23.1 Å². The maximum atomic E-state index is 12.6. The zero-order chi connectivity index (χ0) is 20.8. The highest BCUT2D eigenvalue weighted by Crippen LogP contribution is 2.36. The van der Waals surface area contributed by atoms with Gasteiger partial charge in [0.1, 0.15) is 5.75 Å². The lowest BCUT2D eigenvalue weighted by Crippen LogP contribution is -2.48. The van der Waals surface area contributed by atoms with E-state index in [0.717, 1.165) is 30.1 Å². The maximum absolute atomic E-state index is 12.6. The van der Waals surface area contributed by atoms with E-state index in [2.05, 4.69) is 11.0 Å². The number of hydrogen-bond donors (Lipinski definition) is 0. The van der Waals surface area contributed by atoms with Crippen LogP contribution in [0, 0.1) is 0 Å². The van der Waals surface area contributed by atoms with Crippen LogP contribution in [0.3, 0.4) is 0 Å². The van der Waals surface area contributed by atoms with Crippen LogP contribution >= 0.6 is 11.6 Å². The number of halogens is 1. The normalized spacial score (nSPS) is 14.2. The van der Waals surface area contributed by atoms with Crippen molar-refractivity contribution in [3.8, 4) is 17.2 Å². The van der Waals surface area contributed by atoms with Gasteiger partial charge in [-0.25, -0.2) is 0 Å². The van der Waals surface area contributed by atoms with E-state index in [9.17, 15) is 4.79 Å². The van der Waals surface area contributed by atoms with Gasteiger partial charge in [0.25, 0.3) is 0 Å². The van der Waals surface area contributed by atoms with Crippen molar-refractivity contribution in [1.82, 2.24) is 4.90 Å². The average molecular weight is 417 g/mol. The van der Waals surface area contributed by atoms with Crippen LogP contribution in [0.4, 0.5) is 5.69 Å². The van der Waals surface area contributed by atoms with E-state index in [4.69, 9.17) is 25.8 Å². The Morgan fingerprint density at radius 2 is 1.76 bits per heavy atom. The van der Waals surface area contributed by atoms with Crippen molar-refractivity contribution in [1.29, 1.82) is 0 Å². The molecule has 2 aromatic rings. The second-order valence-electron chi connectivity index (χ2n) is 6.59. The van der Waals surface area contributed by atoms with Crippen molar-refractivity contribution in [2.75, 3.05) is 52.4 Å². The number of ether oxygens (including phenoxy) is 3. The molecule has 7 heteroatoms. The molecule has 1 aliphatic heterocycles. The molecule has 1 fully saturated rings. The minimum absolute atomic E-state index is 0.0267. The fraction of sp³-hybridized carbons (Fsp3) is 0.318. The SMILES string of the molecule is COc1cccc(N2CCN(C(=O)/C=C/c3cc(Cl)c(OC)c(OC)c3)CC2)c1. The first kappa shape index (κ1) is 20.9. The summed E-state index contributed by atoms with van der Waals surface area (Å²) in [7, 11) is 4.75. The van der Waals surface area contributed by atoms with Gasteiger partial charge >= 0.3 is 0 Å². The molecule has 0 atom stereocenters. The van der Waals surface area contributed by atoms with Crippen molar-refractivity contribution < 1.29 is 19.0 Å². The lowest BCUT2D eigenvalue weighted by Gasteiger charge is -2.35. The van der Waals surface area contributed by atoms with Crippen LogP contribution in [0.25, 0.3) is 6.08 Å². The molecule has 0 bridgehead atoms. The van der Waals surface area contributed by atoms with Gasteiger partial charge in [-0.15, -0.1) is 0 Å². The molecule has 1 amide bonds. The molecule has 1 heterocycles. The highest BCUT2D eigenvalue weighted by molar-refractivity contribution is 6.32. The van der Waals surface area contributed by atoms with Gasteiger partial charge in [0.15, 0.2) is 11.5 Å². The average Bonchev–Trinajstić information content (AvgIpc) is 2.77. The van der Waals surface area contributed by atoms with Gasteiger partial charge in [0.2, 0.25) is 5.91 Å². The van der Waals surface area contributed by atoms with Crippen LogP contribution in [0.1, 0.15) is 5.56 Å². The number of piperazine rings is 1. The second kappa shape index (κ2) is 9.56. The lowest BCUT2D eigenvalue weighted by molar-refractivity contribution is -0.126. The summed E-state index contributed by atoms with van der Waals surface area (Å²) in [5, 5.41) is 0.436. The number of carbonyl (C=O) groups excluding carboxylic acids is 1. The fourth-order valence-electron chi connectivity index (χ4n) is 3.30. The maximum Gasteiger partial charge on any atom is 0.246 e. The molecular weight excluding hydrogens is 392 g/mol. The van der Waals surface area contributed by atoms with Gasteiger partial charge in [-0.2, -0.15) is 0 Å². The van der Waals surface area contributed by atoms with Crippen molar-refractivity contribution in [3.63, 3.8) is 0 Å². The van der Waals surface area contributed by atoms with E-state index >= 15 is 0 Å². The highest BCUT2D eigenvalue weighted by Gasteiger charge is 2.20. The molecule has 0 saturated carbocycles. The van der Waals surface area contributed by atoms with Crippen LogP contribution in [0.5, 0.6) is 17.2 Å². The van der Waals surface area contributed by atoms with E-state index in [1.165, 1.54) is 7.11 Å². The minimum Gasteiger partial charge on any atom is -0.497 e. The monoisotopic (exact) mass is 416 g/mol. The molecule has 0 aromatic heterocycles. The van der Waals surface area contributed by atoms with Gasteiger partial charge in [-0.3, -0.25) is 4.79 Å². The summed E-state index contributed by atoms with van der Waals surface area (Å²) in [5.41, 5.74) is 1.88. The molecule has 154 valence electrons. The number of methoxy groups -OCH3 is 3. The Morgan fingerprint density at radius 1 is 1.00 bits per heavy atom. The van der Waals surface area contributed by atoms with Gasteiger partial charge < -0.3 is 24.0 Å². The second-order valence-corrected chi connectivity index (χ2v) is 6.99. The van der Waals surface area contributed by atoms with Crippen molar-refractivity contribution in [2.45, 2.75) is 0 Å².